The van der Waals surface area contributed by atoms with Gasteiger partial charge in [-0.25, -0.2) is 18.1 Å². The summed E-state index contributed by atoms with van der Waals surface area (Å²) in [6, 6.07) is 13.5. The lowest BCUT2D eigenvalue weighted by molar-refractivity contribution is -0.135. The van der Waals surface area contributed by atoms with Gasteiger partial charge in [0, 0.05) is 67.1 Å². The van der Waals surface area contributed by atoms with Crippen LogP contribution in [-0.2, 0) is 14.8 Å². The van der Waals surface area contributed by atoms with Crippen molar-refractivity contribution in [2.75, 3.05) is 31.0 Å². The van der Waals surface area contributed by atoms with Crippen molar-refractivity contribution in [1.82, 2.24) is 30.4 Å². The van der Waals surface area contributed by atoms with Gasteiger partial charge in [0.1, 0.15) is 0 Å². The maximum Gasteiger partial charge on any atom is 0.264 e. The summed E-state index contributed by atoms with van der Waals surface area (Å²) in [5, 5.41) is 6.26. The molecule has 4 bridgehead atoms. The van der Waals surface area contributed by atoms with E-state index in [0.29, 0.717) is 38.0 Å². The SMILES string of the molecule is Cc1cccc(C)c1-c1cc2nc(n1)NS(=O)(=O)c1cccc(c1)C(=O)NCC1(CCN(C(=O)CC(C)N3C=CNC3C)CC1)CO2. The van der Waals surface area contributed by atoms with Crippen molar-refractivity contribution in [3.63, 3.8) is 0 Å². The summed E-state index contributed by atoms with van der Waals surface area (Å²) >= 11 is 0. The van der Waals surface area contributed by atoms with Crippen molar-refractivity contribution in [2.45, 2.75) is 64.1 Å². The van der Waals surface area contributed by atoms with E-state index in [2.05, 4.69) is 44.1 Å². The lowest BCUT2D eigenvalue weighted by Crippen LogP contribution is -2.51. The van der Waals surface area contributed by atoms with E-state index in [1.165, 1.54) is 18.2 Å². The van der Waals surface area contributed by atoms with Crippen LogP contribution in [0.25, 0.3) is 11.3 Å². The van der Waals surface area contributed by atoms with Gasteiger partial charge in [-0.05, 0) is 69.9 Å². The van der Waals surface area contributed by atoms with Crippen LogP contribution >= 0.6 is 0 Å². The molecule has 2 aromatic carbocycles. The number of rotatable bonds is 4. The summed E-state index contributed by atoms with van der Waals surface area (Å²) in [5.41, 5.74) is 3.05. The van der Waals surface area contributed by atoms with Crippen molar-refractivity contribution >= 4 is 27.8 Å². The maximum absolute atomic E-state index is 13.4. The van der Waals surface area contributed by atoms with Gasteiger partial charge in [-0.3, -0.25) is 9.59 Å². The first kappa shape index (κ1) is 32.3. The minimum atomic E-state index is -4.13. The largest absolute Gasteiger partial charge is 0.477 e. The molecule has 3 aromatic rings. The second kappa shape index (κ2) is 12.9. The zero-order chi connectivity index (χ0) is 33.3. The Morgan fingerprint density at radius 2 is 1.81 bits per heavy atom. The van der Waals surface area contributed by atoms with Crippen molar-refractivity contribution in [3.05, 3.63) is 77.6 Å². The number of sulfonamides is 1. The highest BCUT2D eigenvalue weighted by Gasteiger charge is 2.38. The van der Waals surface area contributed by atoms with Gasteiger partial charge in [-0.2, -0.15) is 4.98 Å². The molecule has 13 heteroatoms. The van der Waals surface area contributed by atoms with Crippen LogP contribution in [0.3, 0.4) is 0 Å². The molecule has 1 spiro atoms. The van der Waals surface area contributed by atoms with E-state index >= 15 is 0 Å². The van der Waals surface area contributed by atoms with E-state index in [4.69, 9.17) is 4.74 Å². The van der Waals surface area contributed by atoms with Crippen LogP contribution in [0.4, 0.5) is 5.95 Å². The number of fused-ring (bicyclic) bond motifs is 4. The molecular weight excluding hydrogens is 618 g/mol. The highest BCUT2D eigenvalue weighted by Crippen LogP contribution is 2.35. The van der Waals surface area contributed by atoms with Crippen LogP contribution in [0.15, 0.2) is 65.8 Å². The third kappa shape index (κ3) is 6.90. The number of hydrogen-bond acceptors (Lipinski definition) is 9. The average Bonchev–Trinajstić information content (AvgIpc) is 3.48. The van der Waals surface area contributed by atoms with Crippen LogP contribution in [0.1, 0.15) is 54.6 Å². The minimum Gasteiger partial charge on any atom is -0.477 e. The van der Waals surface area contributed by atoms with Gasteiger partial charge in [-0.1, -0.05) is 24.3 Å². The Labute approximate surface area is 275 Å². The van der Waals surface area contributed by atoms with E-state index in [9.17, 15) is 18.0 Å². The molecule has 12 nitrogen and oxygen atoms in total. The molecule has 0 radical (unpaired) electrons. The first-order chi connectivity index (χ1) is 22.4. The maximum atomic E-state index is 13.4. The van der Waals surface area contributed by atoms with Crippen LogP contribution in [-0.4, -0.2) is 78.4 Å². The topological polar surface area (TPSA) is 146 Å². The molecule has 47 heavy (non-hydrogen) atoms. The van der Waals surface area contributed by atoms with Crippen molar-refractivity contribution in [2.24, 2.45) is 5.41 Å². The molecule has 3 N–H and O–H groups in total. The number of piperidine rings is 1. The van der Waals surface area contributed by atoms with Gasteiger partial charge in [-0.15, -0.1) is 0 Å². The normalized spacial score (nSPS) is 20.8. The quantitative estimate of drug-likeness (QED) is 0.381. The first-order valence-corrected chi connectivity index (χ1v) is 17.4. The zero-order valence-corrected chi connectivity index (χ0v) is 27.9. The van der Waals surface area contributed by atoms with Crippen LogP contribution in [0.2, 0.25) is 0 Å². The molecule has 248 valence electrons. The Balaban J connectivity index is 1.29. The van der Waals surface area contributed by atoms with Crippen molar-refractivity contribution in [1.29, 1.82) is 0 Å². The lowest BCUT2D eigenvalue weighted by Gasteiger charge is -2.42. The molecule has 1 aromatic heterocycles. The number of ether oxygens (including phenoxy) is 1. The fourth-order valence-electron chi connectivity index (χ4n) is 6.57. The van der Waals surface area contributed by atoms with Crippen LogP contribution in [0.5, 0.6) is 5.88 Å². The number of nitrogens with zero attached hydrogens (tertiary/aromatic N) is 4. The molecule has 3 aliphatic rings. The molecule has 1 saturated heterocycles. The molecular formula is C34H41N7O5S. The van der Waals surface area contributed by atoms with E-state index in [-0.39, 0.29) is 59.5 Å². The second-order valence-electron chi connectivity index (χ2n) is 12.8. The van der Waals surface area contributed by atoms with Gasteiger partial charge < -0.3 is 25.2 Å². The highest BCUT2D eigenvalue weighted by atomic mass is 32.2. The number of likely N-dealkylation sites (tertiary alicyclic amines) is 1. The fraction of sp³-hybridized carbons (Fsp3) is 0.412. The molecule has 0 aliphatic carbocycles. The zero-order valence-electron chi connectivity index (χ0n) is 27.1. The standard InChI is InChI=1S/C34H41N7O5S/c1-22-7-5-8-23(2)31(22)28-19-29-38-33(37-28)39-47(44,45)27-10-6-9-26(18-27)32(43)36-20-34(21-46-29)11-14-40(15-12-34)30(42)17-24(3)41-16-13-35-25(41)4/h5-10,13,16,18-19,24-25,35H,11-12,14-15,17,20-21H2,1-4H3,(H,36,43)(H,37,38,39). The summed E-state index contributed by atoms with van der Waals surface area (Å²) in [4.78, 5) is 39.6. The smallest absolute Gasteiger partial charge is 0.264 e. The fourth-order valence-corrected chi connectivity index (χ4v) is 7.56. The number of benzene rings is 2. The lowest BCUT2D eigenvalue weighted by atomic mass is 9.78. The molecule has 0 saturated carbocycles. The van der Waals surface area contributed by atoms with E-state index < -0.39 is 15.4 Å². The third-order valence-corrected chi connectivity index (χ3v) is 10.7. The van der Waals surface area contributed by atoms with Gasteiger partial charge in [0.15, 0.2) is 0 Å². The minimum absolute atomic E-state index is 0.0443. The summed E-state index contributed by atoms with van der Waals surface area (Å²) in [5.74, 6) is -0.221. The Morgan fingerprint density at radius 1 is 1.09 bits per heavy atom. The van der Waals surface area contributed by atoms with E-state index in [1.54, 1.807) is 12.1 Å². The molecule has 2 unspecified atom stereocenters. The summed E-state index contributed by atoms with van der Waals surface area (Å²) in [7, 11) is -4.13. The van der Waals surface area contributed by atoms with Gasteiger partial charge in [0.05, 0.1) is 23.4 Å². The third-order valence-electron chi connectivity index (χ3n) is 9.41. The highest BCUT2D eigenvalue weighted by molar-refractivity contribution is 7.92. The first-order valence-electron chi connectivity index (χ1n) is 15.9. The van der Waals surface area contributed by atoms with Gasteiger partial charge in [0.25, 0.3) is 15.9 Å². The second-order valence-corrected chi connectivity index (χ2v) is 14.5. The molecule has 1 fully saturated rings. The van der Waals surface area contributed by atoms with Crippen molar-refractivity contribution in [3.8, 4) is 17.1 Å². The number of hydrogen-bond donors (Lipinski definition) is 3. The Hall–Kier alpha value is -4.65. The predicted molar refractivity (Wildman–Crippen MR) is 178 cm³/mol. The van der Waals surface area contributed by atoms with Gasteiger partial charge in [0.2, 0.25) is 17.7 Å². The number of anilines is 1. The summed E-state index contributed by atoms with van der Waals surface area (Å²) < 4.78 is 35.7. The van der Waals surface area contributed by atoms with Crippen LogP contribution in [0, 0.1) is 19.3 Å². The number of carbonyl (C=O) groups excluding carboxylic acids is 2. The number of carbonyl (C=O) groups is 2. The predicted octanol–water partition coefficient (Wildman–Crippen LogP) is 3.79. The number of nitrogens with one attached hydrogen (secondary N) is 3. The van der Waals surface area contributed by atoms with Gasteiger partial charge >= 0.3 is 0 Å². The number of amides is 2. The molecule has 2 amide bonds. The molecule has 3 aliphatic heterocycles. The summed E-state index contributed by atoms with van der Waals surface area (Å²) in [6.07, 6.45) is 5.62. The monoisotopic (exact) mass is 659 g/mol. The molecule has 6 rings (SSSR count). The summed E-state index contributed by atoms with van der Waals surface area (Å²) in [6.45, 7) is 9.57. The Morgan fingerprint density at radius 3 is 2.51 bits per heavy atom. The van der Waals surface area contributed by atoms with E-state index in [0.717, 1.165) is 16.7 Å². The Bertz CT molecular complexity index is 1800. The number of aromatic nitrogens is 2. The molecule has 4 heterocycles. The van der Waals surface area contributed by atoms with E-state index in [1.807, 2.05) is 49.3 Å². The molecule has 2 atom stereocenters. The average molecular weight is 660 g/mol. The Kier molecular flexibility index (Phi) is 8.84. The van der Waals surface area contributed by atoms with Crippen molar-refractivity contribution < 1.29 is 22.7 Å². The number of aryl methyl sites for hydroxylation is 2. The van der Waals surface area contributed by atoms with Crippen LogP contribution < -0.4 is 20.1 Å².